The van der Waals surface area contributed by atoms with Crippen LogP contribution in [-0.2, 0) is 0 Å². The minimum Gasteiger partial charge on any atom is -0.479 e. The topological polar surface area (TPSA) is 50.9 Å². The number of benzene rings is 2. The molecule has 4 rings (SSSR count). The largest absolute Gasteiger partial charge is 0.479 e. The van der Waals surface area contributed by atoms with E-state index >= 15 is 0 Å². The van der Waals surface area contributed by atoms with E-state index in [1.807, 2.05) is 18.2 Å². The lowest BCUT2D eigenvalue weighted by Gasteiger charge is -2.12. The van der Waals surface area contributed by atoms with Gasteiger partial charge < -0.3 is 5.11 Å². The summed E-state index contributed by atoms with van der Waals surface area (Å²) in [7, 11) is 0. The van der Waals surface area contributed by atoms with Crippen LogP contribution in [0.3, 0.4) is 0 Å². The summed E-state index contributed by atoms with van der Waals surface area (Å²) in [6.07, 6.45) is 2.53. The fourth-order valence-corrected chi connectivity index (χ4v) is 2.98. The fraction of sp³-hybridized carbons (Fsp3) is 0.200. The van der Waals surface area contributed by atoms with Crippen molar-refractivity contribution >= 4 is 23.4 Å². The number of aromatic hydroxyl groups is 1. The summed E-state index contributed by atoms with van der Waals surface area (Å²) in [5.74, 6) is 0.680. The Morgan fingerprint density at radius 1 is 1.05 bits per heavy atom. The van der Waals surface area contributed by atoms with Crippen molar-refractivity contribution in [2.24, 2.45) is 0 Å². The predicted octanol–water partition coefficient (Wildman–Crippen LogP) is 3.29. The van der Waals surface area contributed by atoms with Gasteiger partial charge in [0, 0.05) is 5.39 Å². The molecule has 0 atom stereocenters. The molecule has 1 heterocycles. The third-order valence-corrected chi connectivity index (χ3v) is 4.11. The maximum atomic E-state index is 9.88. The lowest BCUT2D eigenvalue weighted by molar-refractivity contribution is 0.417. The second-order valence-electron chi connectivity index (χ2n) is 5.13. The van der Waals surface area contributed by atoms with Gasteiger partial charge in [-0.2, -0.15) is 0 Å². The van der Waals surface area contributed by atoms with Gasteiger partial charge in [-0.1, -0.05) is 35.4 Å². The van der Waals surface area contributed by atoms with Crippen molar-refractivity contribution in [3.63, 3.8) is 0 Å². The lowest BCUT2D eigenvalue weighted by Crippen LogP contribution is -1.97. The Bertz CT molecular complexity index is 788. The maximum Gasteiger partial charge on any atom is 0.319 e. The van der Waals surface area contributed by atoms with E-state index in [0.717, 1.165) is 11.1 Å². The lowest BCUT2D eigenvalue weighted by atomic mass is 9.99. The van der Waals surface area contributed by atoms with Crippen molar-refractivity contribution < 1.29 is 5.11 Å². The predicted molar refractivity (Wildman–Crippen MR) is 79.8 cm³/mol. The zero-order chi connectivity index (χ0) is 13.7. The van der Waals surface area contributed by atoms with Crippen LogP contribution in [0, 0.1) is 0 Å². The van der Waals surface area contributed by atoms with Gasteiger partial charge in [-0.3, -0.25) is 0 Å². The fourth-order valence-electron chi connectivity index (χ4n) is 2.74. The summed E-state index contributed by atoms with van der Waals surface area (Å²) < 4.78 is 1.56. The molecule has 20 heavy (non-hydrogen) atoms. The molecule has 4 nitrogen and oxygen atoms in total. The molecule has 1 aliphatic carbocycles. The smallest absolute Gasteiger partial charge is 0.319 e. The molecule has 1 saturated carbocycles. The number of thiol groups is 1. The Hall–Kier alpha value is -2.01. The van der Waals surface area contributed by atoms with Crippen LogP contribution >= 0.6 is 12.6 Å². The van der Waals surface area contributed by atoms with Crippen LogP contribution < -0.4 is 0 Å². The second kappa shape index (κ2) is 4.24. The first-order chi connectivity index (χ1) is 9.75. The Morgan fingerprint density at radius 3 is 2.45 bits per heavy atom. The monoisotopic (exact) mass is 283 g/mol. The highest BCUT2D eigenvalue weighted by molar-refractivity contribution is 7.80. The van der Waals surface area contributed by atoms with Gasteiger partial charge >= 0.3 is 6.01 Å². The summed E-state index contributed by atoms with van der Waals surface area (Å²) in [5.41, 5.74) is 2.25. The average molecular weight is 283 g/mol. The number of nitrogens with zero attached hydrogens (tertiary/aromatic N) is 3. The molecule has 0 bridgehead atoms. The van der Waals surface area contributed by atoms with E-state index in [9.17, 15) is 5.11 Å². The van der Waals surface area contributed by atoms with Gasteiger partial charge in [0.15, 0.2) is 5.16 Å². The van der Waals surface area contributed by atoms with Crippen LogP contribution in [-0.4, -0.2) is 19.9 Å². The molecule has 0 saturated heterocycles. The summed E-state index contributed by atoms with van der Waals surface area (Å²) in [6, 6.07) is 12.3. The number of hydrogen-bond donors (Lipinski definition) is 2. The molecular weight excluding hydrogens is 270 g/mol. The van der Waals surface area contributed by atoms with Gasteiger partial charge in [0.05, 0.1) is 5.69 Å². The van der Waals surface area contributed by atoms with Crippen LogP contribution in [0.4, 0.5) is 0 Å². The van der Waals surface area contributed by atoms with Crippen molar-refractivity contribution in [3.05, 3.63) is 42.0 Å². The van der Waals surface area contributed by atoms with E-state index < -0.39 is 0 Å². The zero-order valence-electron chi connectivity index (χ0n) is 10.7. The van der Waals surface area contributed by atoms with E-state index in [2.05, 4.69) is 41.0 Å². The molecule has 1 fully saturated rings. The number of hydrogen-bond acceptors (Lipinski definition) is 4. The highest BCUT2D eigenvalue weighted by Crippen LogP contribution is 2.44. The molecule has 0 amide bonds. The molecule has 1 aromatic heterocycles. The van der Waals surface area contributed by atoms with Crippen molar-refractivity contribution in [1.82, 2.24) is 14.8 Å². The van der Waals surface area contributed by atoms with Gasteiger partial charge in [0.1, 0.15) is 0 Å². The molecule has 0 radical (unpaired) electrons. The summed E-state index contributed by atoms with van der Waals surface area (Å²) in [5, 5.41) is 20.0. The quantitative estimate of drug-likeness (QED) is 0.710. The molecule has 0 unspecified atom stereocenters. The minimum atomic E-state index is -0.140. The molecule has 0 aliphatic heterocycles. The van der Waals surface area contributed by atoms with Crippen molar-refractivity contribution in [2.75, 3.05) is 0 Å². The molecular formula is C15H13N3OS. The van der Waals surface area contributed by atoms with Crippen molar-refractivity contribution in [1.29, 1.82) is 0 Å². The SMILES string of the molecule is Oc1nnc(S)n1-c1ccc(C2CC2)c2ccccc12. The molecule has 5 heteroatoms. The van der Waals surface area contributed by atoms with Crippen LogP contribution in [0.25, 0.3) is 16.5 Å². The van der Waals surface area contributed by atoms with Crippen molar-refractivity contribution in [3.8, 4) is 11.7 Å². The van der Waals surface area contributed by atoms with Gasteiger partial charge in [-0.15, -0.1) is 17.7 Å². The van der Waals surface area contributed by atoms with Gasteiger partial charge in [-0.05, 0) is 35.8 Å². The van der Waals surface area contributed by atoms with E-state index in [4.69, 9.17) is 0 Å². The highest BCUT2D eigenvalue weighted by atomic mass is 32.1. The summed E-state index contributed by atoms with van der Waals surface area (Å²) in [6.45, 7) is 0. The maximum absolute atomic E-state index is 9.88. The Kier molecular flexibility index (Phi) is 2.50. The van der Waals surface area contributed by atoms with E-state index in [0.29, 0.717) is 11.1 Å². The van der Waals surface area contributed by atoms with Gasteiger partial charge in [0.25, 0.3) is 0 Å². The normalized spacial score (nSPS) is 14.8. The third-order valence-electron chi connectivity index (χ3n) is 3.82. The standard InChI is InChI=1S/C15H13N3OS/c19-14-16-17-15(20)18(14)13-8-7-10(9-5-6-9)11-3-1-2-4-12(11)13/h1-4,7-9H,5-6H2,(H,16,19)(H,17,20). The Labute approximate surface area is 121 Å². The van der Waals surface area contributed by atoms with Crippen LogP contribution in [0.5, 0.6) is 6.01 Å². The first-order valence-corrected chi connectivity index (χ1v) is 7.06. The number of aromatic nitrogens is 3. The summed E-state index contributed by atoms with van der Waals surface area (Å²) >= 11 is 4.26. The van der Waals surface area contributed by atoms with Crippen molar-refractivity contribution in [2.45, 2.75) is 23.9 Å². The average Bonchev–Trinajstić information content (AvgIpc) is 3.25. The minimum absolute atomic E-state index is 0.140. The zero-order valence-corrected chi connectivity index (χ0v) is 11.6. The van der Waals surface area contributed by atoms with Crippen LogP contribution in [0.15, 0.2) is 41.6 Å². The highest BCUT2D eigenvalue weighted by Gasteiger charge is 2.26. The Balaban J connectivity index is 2.04. The molecule has 0 spiro atoms. The van der Waals surface area contributed by atoms with Gasteiger partial charge in [-0.25, -0.2) is 4.57 Å². The summed E-state index contributed by atoms with van der Waals surface area (Å²) in [4.78, 5) is 0. The van der Waals surface area contributed by atoms with Gasteiger partial charge in [0.2, 0.25) is 0 Å². The first-order valence-electron chi connectivity index (χ1n) is 6.61. The van der Waals surface area contributed by atoms with E-state index in [1.165, 1.54) is 23.8 Å². The second-order valence-corrected chi connectivity index (χ2v) is 5.53. The van der Waals surface area contributed by atoms with Crippen LogP contribution in [0.2, 0.25) is 0 Å². The third kappa shape index (κ3) is 1.70. The molecule has 2 aromatic carbocycles. The first kappa shape index (κ1) is 11.8. The van der Waals surface area contributed by atoms with E-state index in [-0.39, 0.29) is 6.01 Å². The molecule has 1 aliphatic rings. The van der Waals surface area contributed by atoms with Crippen LogP contribution in [0.1, 0.15) is 24.3 Å². The number of rotatable bonds is 2. The molecule has 3 aromatic rings. The molecule has 1 N–H and O–H groups in total. The Morgan fingerprint density at radius 2 is 1.80 bits per heavy atom. The van der Waals surface area contributed by atoms with E-state index in [1.54, 1.807) is 4.57 Å². The molecule has 100 valence electrons. The number of fused-ring (bicyclic) bond motifs is 1.